The molecule has 226 valence electrons. The molecule has 2 aromatic heterocycles. The van der Waals surface area contributed by atoms with E-state index in [2.05, 4.69) is 84.4 Å². The number of Topliss-reactive ketones (excluding diaryl/α,β-unsaturated/α-hetero) is 1. The molecule has 0 amide bonds. The number of para-hydroxylation sites is 2. The van der Waals surface area contributed by atoms with Crippen LogP contribution in [0.5, 0.6) is 0 Å². The number of carbonyl (C=O) groups is 1. The summed E-state index contributed by atoms with van der Waals surface area (Å²) >= 11 is 6.08. The van der Waals surface area contributed by atoms with Gasteiger partial charge in [-0.1, -0.05) is 119 Å². The summed E-state index contributed by atoms with van der Waals surface area (Å²) in [6, 6.07) is 30.6. The van der Waals surface area contributed by atoms with Crippen LogP contribution >= 0.6 is 11.6 Å². The molecule has 0 spiro atoms. The summed E-state index contributed by atoms with van der Waals surface area (Å²) in [5.74, 6) is 0.137. The summed E-state index contributed by atoms with van der Waals surface area (Å²) in [7, 11) is 0. The zero-order valence-corrected chi connectivity index (χ0v) is 27.2. The highest BCUT2D eigenvalue weighted by Crippen LogP contribution is 2.49. The summed E-state index contributed by atoms with van der Waals surface area (Å²) in [6.45, 7) is 15.9. The Morgan fingerprint density at radius 2 is 1.50 bits per heavy atom. The van der Waals surface area contributed by atoms with E-state index in [0.29, 0.717) is 0 Å². The van der Waals surface area contributed by atoms with Crippen LogP contribution in [-0.4, -0.2) is 15.8 Å². The van der Waals surface area contributed by atoms with Crippen LogP contribution in [0.4, 0.5) is 5.69 Å². The molecule has 3 heterocycles. The molecular formula is C39H42ClN3O. The molecule has 1 aliphatic rings. The van der Waals surface area contributed by atoms with Crippen LogP contribution in [0.25, 0.3) is 27.9 Å². The van der Waals surface area contributed by atoms with Gasteiger partial charge >= 0.3 is 0 Å². The van der Waals surface area contributed by atoms with Gasteiger partial charge in [-0.3, -0.25) is 4.79 Å². The van der Waals surface area contributed by atoms with E-state index in [1.165, 1.54) is 38.7 Å². The molecule has 0 radical (unpaired) electrons. The highest BCUT2D eigenvalue weighted by Gasteiger charge is 2.40. The second kappa shape index (κ2) is 14.3. The minimum atomic E-state index is 0.0470. The van der Waals surface area contributed by atoms with Gasteiger partial charge in [0, 0.05) is 61.5 Å². The van der Waals surface area contributed by atoms with Crippen molar-refractivity contribution >= 4 is 51.0 Å². The number of aromatic nitrogens is 2. The minimum Gasteiger partial charge on any atom is -0.377 e. The Morgan fingerprint density at radius 1 is 0.841 bits per heavy atom. The van der Waals surface area contributed by atoms with Gasteiger partial charge in [-0.2, -0.15) is 0 Å². The number of H-pyrrole nitrogens is 2. The quantitative estimate of drug-likeness (QED) is 0.176. The van der Waals surface area contributed by atoms with Crippen LogP contribution in [0.2, 0.25) is 5.02 Å². The van der Waals surface area contributed by atoms with E-state index in [1.807, 2.05) is 81.6 Å². The lowest BCUT2D eigenvalue weighted by Gasteiger charge is -2.27. The van der Waals surface area contributed by atoms with Gasteiger partial charge in [-0.05, 0) is 54.8 Å². The molecule has 1 unspecified atom stereocenters. The van der Waals surface area contributed by atoms with E-state index < -0.39 is 0 Å². The van der Waals surface area contributed by atoms with Gasteiger partial charge in [0.1, 0.15) is 0 Å². The standard InChI is InChI=1S/C18H17ClN2.C10H9N.C9H10O.C2H6/c1-18(2)14-5-3-4-6-15(14)21-17(18)13-10-20-16-9-11(19)7-8-12(13)16;1-2-8-7-11-10-6-4-3-5-9(8)10;1-7-5-3-4-6-9(7)8(2)10;1-2/h3-10,17,20-21H,1-2H3;2-7,11H,1H2;3-6H,1-2H3;1-2H3. The van der Waals surface area contributed by atoms with Gasteiger partial charge < -0.3 is 15.3 Å². The van der Waals surface area contributed by atoms with Crippen molar-refractivity contribution in [1.29, 1.82) is 0 Å². The molecule has 4 nitrogen and oxygen atoms in total. The number of aromatic amines is 2. The predicted octanol–water partition coefficient (Wildman–Crippen LogP) is 11.3. The molecule has 0 aliphatic carbocycles. The first-order chi connectivity index (χ1) is 21.2. The zero-order chi connectivity index (χ0) is 31.9. The van der Waals surface area contributed by atoms with Crippen molar-refractivity contribution in [3.05, 3.63) is 143 Å². The number of halogens is 1. The first-order valence-electron chi connectivity index (χ1n) is 15.1. The highest BCUT2D eigenvalue weighted by atomic mass is 35.5. The fourth-order valence-electron chi connectivity index (χ4n) is 5.72. The Hall–Kier alpha value is -4.54. The second-order valence-corrected chi connectivity index (χ2v) is 11.6. The van der Waals surface area contributed by atoms with Crippen LogP contribution in [0.3, 0.4) is 0 Å². The number of hydrogen-bond donors (Lipinski definition) is 3. The van der Waals surface area contributed by atoms with Crippen LogP contribution < -0.4 is 5.32 Å². The maximum absolute atomic E-state index is 10.9. The number of anilines is 1. The van der Waals surface area contributed by atoms with Gasteiger partial charge in [-0.25, -0.2) is 0 Å². The second-order valence-electron chi connectivity index (χ2n) is 11.1. The number of carbonyl (C=O) groups excluding carboxylic acids is 1. The Morgan fingerprint density at radius 3 is 2.18 bits per heavy atom. The van der Waals surface area contributed by atoms with E-state index in [4.69, 9.17) is 11.6 Å². The molecule has 44 heavy (non-hydrogen) atoms. The molecule has 1 aliphatic heterocycles. The van der Waals surface area contributed by atoms with E-state index in [-0.39, 0.29) is 17.2 Å². The van der Waals surface area contributed by atoms with Gasteiger partial charge in [0.15, 0.2) is 5.78 Å². The Kier molecular flexibility index (Phi) is 10.5. The average molecular weight is 604 g/mol. The number of benzene rings is 4. The van der Waals surface area contributed by atoms with Crippen molar-refractivity contribution in [3.63, 3.8) is 0 Å². The third-order valence-corrected chi connectivity index (χ3v) is 8.23. The lowest BCUT2D eigenvalue weighted by molar-refractivity contribution is 0.101. The number of aryl methyl sites for hydroxylation is 1. The summed E-state index contributed by atoms with van der Waals surface area (Å²) < 4.78 is 0. The first-order valence-corrected chi connectivity index (χ1v) is 15.5. The van der Waals surface area contributed by atoms with E-state index in [9.17, 15) is 4.79 Å². The molecule has 0 bridgehead atoms. The molecule has 5 heteroatoms. The third kappa shape index (κ3) is 6.82. The Bertz CT molecular complexity index is 1880. The number of rotatable bonds is 3. The molecule has 6 aromatic rings. The number of fused-ring (bicyclic) bond motifs is 3. The van der Waals surface area contributed by atoms with Crippen molar-refractivity contribution in [2.75, 3.05) is 5.32 Å². The topological polar surface area (TPSA) is 60.7 Å². The van der Waals surface area contributed by atoms with E-state index in [1.54, 1.807) is 6.92 Å². The lowest BCUT2D eigenvalue weighted by atomic mass is 9.78. The fraction of sp³-hybridized carbons (Fsp3) is 0.205. The monoisotopic (exact) mass is 603 g/mol. The number of ketones is 1. The van der Waals surface area contributed by atoms with E-state index in [0.717, 1.165) is 21.7 Å². The summed E-state index contributed by atoms with van der Waals surface area (Å²) in [6.07, 6.45) is 5.93. The molecule has 0 fully saturated rings. The van der Waals surface area contributed by atoms with Gasteiger partial charge in [-0.15, -0.1) is 0 Å². The van der Waals surface area contributed by atoms with Crippen molar-refractivity contribution < 1.29 is 4.79 Å². The molecule has 0 saturated carbocycles. The van der Waals surface area contributed by atoms with Crippen LogP contribution in [0, 0.1) is 6.92 Å². The van der Waals surface area contributed by atoms with Crippen LogP contribution in [0.1, 0.15) is 73.3 Å². The van der Waals surface area contributed by atoms with Crippen molar-refractivity contribution in [1.82, 2.24) is 9.97 Å². The number of nitrogens with one attached hydrogen (secondary N) is 3. The van der Waals surface area contributed by atoms with Crippen molar-refractivity contribution in [2.45, 2.75) is 53.0 Å². The number of hydrogen-bond acceptors (Lipinski definition) is 2. The fourth-order valence-corrected chi connectivity index (χ4v) is 5.89. The summed E-state index contributed by atoms with van der Waals surface area (Å²) in [5, 5.41) is 6.92. The molecule has 4 aromatic carbocycles. The molecule has 3 N–H and O–H groups in total. The molecular weight excluding hydrogens is 562 g/mol. The smallest absolute Gasteiger partial charge is 0.160 e. The summed E-state index contributed by atoms with van der Waals surface area (Å²) in [5.41, 5.74) is 9.24. The Labute approximate surface area is 266 Å². The third-order valence-electron chi connectivity index (χ3n) is 8.00. The minimum absolute atomic E-state index is 0.0470. The summed E-state index contributed by atoms with van der Waals surface area (Å²) in [4.78, 5) is 17.4. The van der Waals surface area contributed by atoms with Crippen LogP contribution in [-0.2, 0) is 5.41 Å². The first kappa shape index (κ1) is 32.4. The predicted molar refractivity (Wildman–Crippen MR) is 190 cm³/mol. The zero-order valence-electron chi connectivity index (χ0n) is 26.5. The van der Waals surface area contributed by atoms with Crippen LogP contribution in [0.15, 0.2) is 110 Å². The van der Waals surface area contributed by atoms with Crippen molar-refractivity contribution in [2.24, 2.45) is 0 Å². The maximum atomic E-state index is 10.9. The van der Waals surface area contributed by atoms with E-state index >= 15 is 0 Å². The average Bonchev–Trinajstić information content (AvgIpc) is 3.72. The molecule has 1 atom stereocenters. The lowest BCUT2D eigenvalue weighted by Crippen LogP contribution is -2.25. The van der Waals surface area contributed by atoms with Gasteiger partial charge in [0.25, 0.3) is 0 Å². The Balaban J connectivity index is 0.000000162. The van der Waals surface area contributed by atoms with Crippen molar-refractivity contribution in [3.8, 4) is 0 Å². The molecule has 7 rings (SSSR count). The highest BCUT2D eigenvalue weighted by molar-refractivity contribution is 6.31. The largest absolute Gasteiger partial charge is 0.377 e. The van der Waals surface area contributed by atoms with Gasteiger partial charge in [0.2, 0.25) is 0 Å². The SMILES string of the molecule is C=Cc1c[nH]c2ccccc12.CC.CC(=O)c1ccccc1C.CC1(C)c2ccccc2NC1c1c[nH]c2cc(Cl)ccc12. The normalized spacial score (nSPS) is 14.1. The molecule has 0 saturated heterocycles. The maximum Gasteiger partial charge on any atom is 0.160 e. The van der Waals surface area contributed by atoms with Gasteiger partial charge in [0.05, 0.1) is 6.04 Å².